The average molecular weight is 303 g/mol. The Morgan fingerprint density at radius 2 is 1.89 bits per heavy atom. The number of fused-ring (bicyclic) bond motifs is 1. The topological polar surface area (TPSA) is 71.5 Å². The fourth-order valence-electron chi connectivity index (χ4n) is 1.63. The Kier molecular flexibility index (Phi) is 2.64. The van der Waals surface area contributed by atoms with Gasteiger partial charge in [-0.3, -0.25) is 4.79 Å². The second kappa shape index (κ2) is 4.30. The van der Waals surface area contributed by atoms with E-state index in [-0.39, 0.29) is 11.1 Å². The summed E-state index contributed by atoms with van der Waals surface area (Å²) in [5.41, 5.74) is 1.10. The average Bonchev–Trinajstić information content (AvgIpc) is 2.39. The van der Waals surface area contributed by atoms with Gasteiger partial charge in [0.1, 0.15) is 10.4 Å². The summed E-state index contributed by atoms with van der Waals surface area (Å²) < 4.78 is 0.548. The zero-order valence-electron chi connectivity index (χ0n) is 9.09. The Bertz CT molecular complexity index is 770. The number of nitrogens with one attached hydrogen (secondary N) is 1. The van der Waals surface area contributed by atoms with E-state index in [0.717, 1.165) is 5.56 Å². The number of halogens is 1. The Morgan fingerprint density at radius 3 is 2.67 bits per heavy atom. The molecule has 3 rings (SSSR count). The summed E-state index contributed by atoms with van der Waals surface area (Å²) >= 11 is 3.21. The molecule has 0 saturated heterocycles. The standard InChI is InChI=1S/C12H7BrN4O/c13-8-6-14-9-11(15-8)16-10(17-12(9)18)7-4-2-1-3-5-7/h1-6H,(H,15,16,17,18). The highest BCUT2D eigenvalue weighted by atomic mass is 79.9. The molecule has 1 aromatic carbocycles. The van der Waals surface area contributed by atoms with Crippen LogP contribution in [0.25, 0.3) is 22.6 Å². The van der Waals surface area contributed by atoms with Gasteiger partial charge in [0.25, 0.3) is 5.56 Å². The van der Waals surface area contributed by atoms with Crippen LogP contribution in [0.2, 0.25) is 0 Å². The van der Waals surface area contributed by atoms with Crippen molar-refractivity contribution in [1.29, 1.82) is 0 Å². The van der Waals surface area contributed by atoms with Crippen molar-refractivity contribution in [3.05, 3.63) is 51.5 Å². The molecule has 0 radical (unpaired) electrons. The molecule has 0 aliphatic rings. The number of aromatic amines is 1. The van der Waals surface area contributed by atoms with Crippen LogP contribution in [-0.4, -0.2) is 19.9 Å². The lowest BCUT2D eigenvalue weighted by Crippen LogP contribution is -2.12. The molecule has 0 bridgehead atoms. The molecule has 0 unspecified atom stereocenters. The molecule has 2 heterocycles. The van der Waals surface area contributed by atoms with Gasteiger partial charge >= 0.3 is 0 Å². The molecule has 1 N–H and O–H groups in total. The first-order valence-corrected chi connectivity index (χ1v) is 6.01. The van der Waals surface area contributed by atoms with E-state index in [4.69, 9.17) is 0 Å². The molecule has 88 valence electrons. The predicted molar refractivity (Wildman–Crippen MR) is 71.1 cm³/mol. The zero-order chi connectivity index (χ0) is 12.5. The van der Waals surface area contributed by atoms with Crippen molar-refractivity contribution in [2.75, 3.05) is 0 Å². The molecule has 0 atom stereocenters. The van der Waals surface area contributed by atoms with E-state index >= 15 is 0 Å². The summed E-state index contributed by atoms with van der Waals surface area (Å²) in [5.74, 6) is 0.487. The maximum atomic E-state index is 11.9. The van der Waals surface area contributed by atoms with E-state index in [1.807, 2.05) is 30.3 Å². The fourth-order valence-corrected chi connectivity index (χ4v) is 1.90. The summed E-state index contributed by atoms with van der Waals surface area (Å²) in [6.45, 7) is 0. The SMILES string of the molecule is O=c1[nH]c(-c2ccccc2)nc2nc(Br)cnc12. The molecular formula is C12H7BrN4O. The highest BCUT2D eigenvalue weighted by molar-refractivity contribution is 9.10. The van der Waals surface area contributed by atoms with E-state index in [0.29, 0.717) is 16.1 Å². The summed E-state index contributed by atoms with van der Waals surface area (Å²) in [5, 5.41) is 0. The van der Waals surface area contributed by atoms with Gasteiger partial charge in [-0.05, 0) is 15.9 Å². The number of benzene rings is 1. The Hall–Kier alpha value is -2.08. The Balaban J connectivity index is 2.30. The number of aromatic nitrogens is 4. The molecule has 2 aromatic heterocycles. The van der Waals surface area contributed by atoms with Crippen LogP contribution in [0.5, 0.6) is 0 Å². The number of hydrogen-bond acceptors (Lipinski definition) is 4. The van der Waals surface area contributed by atoms with Gasteiger partial charge in [-0.15, -0.1) is 0 Å². The van der Waals surface area contributed by atoms with Gasteiger partial charge in [0.05, 0.1) is 6.20 Å². The lowest BCUT2D eigenvalue weighted by molar-refractivity contribution is 1.10. The summed E-state index contributed by atoms with van der Waals surface area (Å²) in [6.07, 6.45) is 1.47. The number of hydrogen-bond donors (Lipinski definition) is 1. The van der Waals surface area contributed by atoms with E-state index in [1.165, 1.54) is 6.20 Å². The van der Waals surface area contributed by atoms with E-state index in [9.17, 15) is 4.79 Å². The maximum Gasteiger partial charge on any atom is 0.279 e. The van der Waals surface area contributed by atoms with Crippen LogP contribution in [0.4, 0.5) is 0 Å². The lowest BCUT2D eigenvalue weighted by atomic mass is 10.2. The van der Waals surface area contributed by atoms with Crippen molar-refractivity contribution in [2.45, 2.75) is 0 Å². The molecule has 3 aromatic rings. The van der Waals surface area contributed by atoms with Crippen LogP contribution >= 0.6 is 15.9 Å². The van der Waals surface area contributed by atoms with Gasteiger partial charge in [-0.1, -0.05) is 30.3 Å². The molecule has 0 amide bonds. The monoisotopic (exact) mass is 302 g/mol. The van der Waals surface area contributed by atoms with Crippen molar-refractivity contribution in [2.24, 2.45) is 0 Å². The van der Waals surface area contributed by atoms with Gasteiger partial charge in [0, 0.05) is 5.56 Å². The minimum absolute atomic E-state index is 0.234. The highest BCUT2D eigenvalue weighted by Crippen LogP contribution is 2.14. The third-order valence-corrected chi connectivity index (χ3v) is 2.82. The Labute approximate surface area is 110 Å². The van der Waals surface area contributed by atoms with Gasteiger partial charge in [0.15, 0.2) is 11.2 Å². The summed E-state index contributed by atoms with van der Waals surface area (Å²) in [7, 11) is 0. The van der Waals surface area contributed by atoms with Crippen LogP contribution in [0.3, 0.4) is 0 Å². The molecule has 0 fully saturated rings. The largest absolute Gasteiger partial charge is 0.305 e. The fraction of sp³-hybridized carbons (Fsp3) is 0. The van der Waals surface area contributed by atoms with Crippen LogP contribution in [0.1, 0.15) is 0 Å². The van der Waals surface area contributed by atoms with Crippen molar-refractivity contribution in [3.63, 3.8) is 0 Å². The normalized spacial score (nSPS) is 10.7. The van der Waals surface area contributed by atoms with Gasteiger partial charge in [-0.25, -0.2) is 15.0 Å². The minimum atomic E-state index is -0.293. The smallest absolute Gasteiger partial charge is 0.279 e. The summed E-state index contributed by atoms with van der Waals surface area (Å²) in [4.78, 5) is 27.0. The zero-order valence-corrected chi connectivity index (χ0v) is 10.7. The first kappa shape index (κ1) is 11.0. The minimum Gasteiger partial charge on any atom is -0.305 e. The lowest BCUT2D eigenvalue weighted by Gasteiger charge is -2.01. The maximum absolute atomic E-state index is 11.9. The van der Waals surface area contributed by atoms with Crippen LogP contribution in [0.15, 0.2) is 45.9 Å². The Morgan fingerprint density at radius 1 is 1.11 bits per heavy atom. The van der Waals surface area contributed by atoms with Crippen LogP contribution in [-0.2, 0) is 0 Å². The number of H-pyrrole nitrogens is 1. The molecule has 5 nitrogen and oxygen atoms in total. The van der Waals surface area contributed by atoms with Crippen LogP contribution in [0, 0.1) is 0 Å². The van der Waals surface area contributed by atoms with Gasteiger partial charge in [-0.2, -0.15) is 0 Å². The number of nitrogens with zero attached hydrogens (tertiary/aromatic N) is 3. The van der Waals surface area contributed by atoms with E-state index < -0.39 is 0 Å². The first-order chi connectivity index (χ1) is 8.74. The predicted octanol–water partition coefficient (Wildman–Crippen LogP) is 2.14. The molecular weight excluding hydrogens is 296 g/mol. The van der Waals surface area contributed by atoms with Crippen molar-refractivity contribution < 1.29 is 0 Å². The van der Waals surface area contributed by atoms with Crippen molar-refractivity contribution >= 4 is 27.1 Å². The third-order valence-electron chi connectivity index (χ3n) is 2.44. The van der Waals surface area contributed by atoms with E-state index in [1.54, 1.807) is 0 Å². The first-order valence-electron chi connectivity index (χ1n) is 5.22. The molecule has 0 saturated carbocycles. The quantitative estimate of drug-likeness (QED) is 0.747. The number of rotatable bonds is 1. The second-order valence-corrected chi connectivity index (χ2v) is 4.46. The van der Waals surface area contributed by atoms with Gasteiger partial charge < -0.3 is 4.98 Å². The molecule has 0 aliphatic heterocycles. The van der Waals surface area contributed by atoms with E-state index in [2.05, 4.69) is 35.9 Å². The van der Waals surface area contributed by atoms with Crippen molar-refractivity contribution in [3.8, 4) is 11.4 Å². The van der Waals surface area contributed by atoms with Crippen LogP contribution < -0.4 is 5.56 Å². The molecule has 0 aliphatic carbocycles. The third kappa shape index (κ3) is 1.91. The highest BCUT2D eigenvalue weighted by Gasteiger charge is 2.08. The summed E-state index contributed by atoms with van der Waals surface area (Å²) in [6, 6.07) is 9.41. The molecule has 18 heavy (non-hydrogen) atoms. The second-order valence-electron chi connectivity index (χ2n) is 3.65. The van der Waals surface area contributed by atoms with Crippen molar-refractivity contribution in [1.82, 2.24) is 19.9 Å². The van der Waals surface area contributed by atoms with Gasteiger partial charge in [0.2, 0.25) is 0 Å². The molecule has 0 spiro atoms. The molecule has 6 heteroatoms.